The molecule has 0 aliphatic carbocycles. The van der Waals surface area contributed by atoms with Gasteiger partial charge >= 0.3 is 0 Å². The lowest BCUT2D eigenvalue weighted by atomic mass is 9.98. The topological polar surface area (TPSA) is 95.2 Å². The molecule has 0 bridgehead atoms. The first-order valence-electron chi connectivity index (χ1n) is 5.61. The lowest BCUT2D eigenvalue weighted by Crippen LogP contribution is -1.97. The van der Waals surface area contributed by atoms with Gasteiger partial charge in [0.2, 0.25) is 0 Å². The van der Waals surface area contributed by atoms with E-state index in [0.29, 0.717) is 5.56 Å². The minimum atomic E-state index is -0.686. The van der Waals surface area contributed by atoms with Crippen molar-refractivity contribution in [1.29, 1.82) is 0 Å². The first-order chi connectivity index (χ1) is 8.91. The molecule has 0 aliphatic rings. The zero-order chi connectivity index (χ0) is 14.2. The number of rotatable bonds is 3. The number of nitrogens with two attached hydrogens (primary N) is 1. The van der Waals surface area contributed by atoms with Crippen LogP contribution in [0.2, 0.25) is 0 Å². The summed E-state index contributed by atoms with van der Waals surface area (Å²) in [5.74, 6) is -0.317. The summed E-state index contributed by atoms with van der Waals surface area (Å²) in [5, 5.41) is 14.6. The largest absolute Gasteiger partial charge is 0.381 e. The van der Waals surface area contributed by atoms with Gasteiger partial charge in [-0.2, -0.15) is 0 Å². The van der Waals surface area contributed by atoms with Crippen molar-refractivity contribution >= 4 is 11.5 Å². The van der Waals surface area contributed by atoms with Crippen molar-refractivity contribution in [2.75, 3.05) is 5.73 Å². The average Bonchev–Trinajstić information content (AvgIpc) is 2.70. The molecule has 0 spiro atoms. The van der Waals surface area contributed by atoms with Gasteiger partial charge in [0.15, 0.2) is 11.6 Å². The van der Waals surface area contributed by atoms with Gasteiger partial charge in [0.05, 0.1) is 16.6 Å². The summed E-state index contributed by atoms with van der Waals surface area (Å²) in [7, 11) is 0. The van der Waals surface area contributed by atoms with Crippen LogP contribution in [-0.4, -0.2) is 10.1 Å². The Morgan fingerprint density at radius 2 is 2.16 bits per heavy atom. The lowest BCUT2D eigenvalue weighted by Gasteiger charge is -2.06. The third-order valence-corrected chi connectivity index (χ3v) is 2.73. The zero-order valence-corrected chi connectivity index (χ0v) is 10.4. The van der Waals surface area contributed by atoms with Crippen molar-refractivity contribution in [3.05, 3.63) is 39.7 Å². The maximum absolute atomic E-state index is 13.1. The van der Waals surface area contributed by atoms with Crippen LogP contribution in [0.25, 0.3) is 11.3 Å². The molecular formula is C12H12FN3O3. The Morgan fingerprint density at radius 1 is 1.47 bits per heavy atom. The highest BCUT2D eigenvalue weighted by molar-refractivity contribution is 5.74. The molecule has 0 unspecified atom stereocenters. The predicted molar refractivity (Wildman–Crippen MR) is 67.1 cm³/mol. The lowest BCUT2D eigenvalue weighted by molar-refractivity contribution is -0.384. The third kappa shape index (κ3) is 2.26. The summed E-state index contributed by atoms with van der Waals surface area (Å²) in [5.41, 5.74) is 6.05. The van der Waals surface area contributed by atoms with Crippen LogP contribution < -0.4 is 5.73 Å². The summed E-state index contributed by atoms with van der Waals surface area (Å²) in [6, 6.07) is 3.27. The molecule has 2 rings (SSSR count). The summed E-state index contributed by atoms with van der Waals surface area (Å²) >= 11 is 0. The van der Waals surface area contributed by atoms with Crippen LogP contribution in [0.5, 0.6) is 0 Å². The SMILES string of the molecule is CC(C)c1c(N)noc1-c1ccc(F)cc1[N+](=O)[O-]. The molecule has 1 aromatic carbocycles. The number of nitrogen functional groups attached to an aromatic ring is 1. The van der Waals surface area contributed by atoms with E-state index in [1.165, 1.54) is 6.07 Å². The molecule has 0 aliphatic heterocycles. The molecule has 0 atom stereocenters. The third-order valence-electron chi connectivity index (χ3n) is 2.73. The Bertz CT molecular complexity index is 637. The van der Waals surface area contributed by atoms with Crippen molar-refractivity contribution < 1.29 is 13.8 Å². The molecule has 0 saturated heterocycles. The summed E-state index contributed by atoms with van der Waals surface area (Å²) in [6.45, 7) is 3.73. The van der Waals surface area contributed by atoms with E-state index in [1.807, 2.05) is 13.8 Å². The molecule has 0 saturated carbocycles. The first kappa shape index (κ1) is 13.0. The van der Waals surface area contributed by atoms with E-state index in [2.05, 4.69) is 5.16 Å². The Hall–Kier alpha value is -2.44. The second-order valence-electron chi connectivity index (χ2n) is 4.38. The van der Waals surface area contributed by atoms with E-state index in [1.54, 1.807) is 0 Å². The van der Waals surface area contributed by atoms with Crippen molar-refractivity contribution in [1.82, 2.24) is 5.16 Å². The molecule has 19 heavy (non-hydrogen) atoms. The van der Waals surface area contributed by atoms with Crippen LogP contribution in [0.15, 0.2) is 22.7 Å². The summed E-state index contributed by atoms with van der Waals surface area (Å²) in [6.07, 6.45) is 0. The zero-order valence-electron chi connectivity index (χ0n) is 10.4. The maximum Gasteiger partial charge on any atom is 0.283 e. The fourth-order valence-electron chi connectivity index (χ4n) is 1.91. The van der Waals surface area contributed by atoms with Gasteiger partial charge < -0.3 is 10.3 Å². The van der Waals surface area contributed by atoms with Crippen molar-refractivity contribution in [2.45, 2.75) is 19.8 Å². The van der Waals surface area contributed by atoms with Crippen LogP contribution in [-0.2, 0) is 0 Å². The predicted octanol–water partition coefficient (Wildman–Crippen LogP) is 3.09. The van der Waals surface area contributed by atoms with Crippen molar-refractivity contribution in [2.24, 2.45) is 0 Å². The average molecular weight is 265 g/mol. The second-order valence-corrected chi connectivity index (χ2v) is 4.38. The minimum Gasteiger partial charge on any atom is -0.381 e. The number of hydrogen-bond donors (Lipinski definition) is 1. The fourth-order valence-corrected chi connectivity index (χ4v) is 1.91. The van der Waals surface area contributed by atoms with E-state index >= 15 is 0 Å². The van der Waals surface area contributed by atoms with Gasteiger partial charge in [-0.3, -0.25) is 10.1 Å². The number of nitro groups is 1. The first-order valence-corrected chi connectivity index (χ1v) is 5.61. The number of aromatic nitrogens is 1. The standard InChI is InChI=1S/C12H12FN3O3/c1-6(2)10-11(19-15-12(10)14)8-4-3-7(13)5-9(8)16(17)18/h3-6H,1-2H3,(H2,14,15). The van der Waals surface area contributed by atoms with Crippen LogP contribution in [0.4, 0.5) is 15.9 Å². The smallest absolute Gasteiger partial charge is 0.283 e. The van der Waals surface area contributed by atoms with Crippen molar-refractivity contribution in [3.63, 3.8) is 0 Å². The Morgan fingerprint density at radius 3 is 2.74 bits per heavy atom. The molecular weight excluding hydrogens is 253 g/mol. The molecule has 1 heterocycles. The highest BCUT2D eigenvalue weighted by Gasteiger charge is 2.25. The van der Waals surface area contributed by atoms with E-state index < -0.39 is 10.7 Å². The fraction of sp³-hybridized carbons (Fsp3) is 0.250. The van der Waals surface area contributed by atoms with Gasteiger partial charge in [0.25, 0.3) is 5.69 Å². The Kier molecular flexibility index (Phi) is 3.20. The van der Waals surface area contributed by atoms with E-state index in [-0.39, 0.29) is 28.7 Å². The number of nitro benzene ring substituents is 1. The highest BCUT2D eigenvalue weighted by Crippen LogP contribution is 2.38. The van der Waals surface area contributed by atoms with Crippen LogP contribution >= 0.6 is 0 Å². The minimum absolute atomic E-state index is 0.0223. The van der Waals surface area contributed by atoms with E-state index in [9.17, 15) is 14.5 Å². The number of nitrogens with zero attached hydrogens (tertiary/aromatic N) is 2. The maximum atomic E-state index is 13.1. The second kappa shape index (κ2) is 4.68. The molecule has 1 aromatic heterocycles. The normalized spacial score (nSPS) is 10.9. The number of hydrogen-bond acceptors (Lipinski definition) is 5. The van der Waals surface area contributed by atoms with Crippen LogP contribution in [0.1, 0.15) is 25.3 Å². The quantitative estimate of drug-likeness (QED) is 0.679. The molecule has 100 valence electrons. The molecule has 0 amide bonds. The van der Waals surface area contributed by atoms with E-state index in [4.69, 9.17) is 10.3 Å². The van der Waals surface area contributed by atoms with Gasteiger partial charge in [-0.25, -0.2) is 4.39 Å². The molecule has 0 radical (unpaired) electrons. The van der Waals surface area contributed by atoms with Gasteiger partial charge in [-0.15, -0.1) is 0 Å². The molecule has 6 nitrogen and oxygen atoms in total. The Labute approximate surface area is 108 Å². The van der Waals surface area contributed by atoms with Crippen LogP contribution in [0, 0.1) is 15.9 Å². The van der Waals surface area contributed by atoms with Gasteiger partial charge in [-0.1, -0.05) is 19.0 Å². The summed E-state index contributed by atoms with van der Waals surface area (Å²) < 4.78 is 18.2. The molecule has 2 N–H and O–H groups in total. The Balaban J connectivity index is 2.69. The van der Waals surface area contributed by atoms with Gasteiger partial charge in [-0.05, 0) is 18.1 Å². The highest BCUT2D eigenvalue weighted by atomic mass is 19.1. The number of benzene rings is 1. The molecule has 7 heteroatoms. The number of halogens is 1. The molecule has 2 aromatic rings. The van der Waals surface area contributed by atoms with Gasteiger partial charge in [0, 0.05) is 5.56 Å². The van der Waals surface area contributed by atoms with Crippen molar-refractivity contribution in [3.8, 4) is 11.3 Å². The van der Waals surface area contributed by atoms with Gasteiger partial charge in [0.1, 0.15) is 5.82 Å². The monoisotopic (exact) mass is 265 g/mol. The van der Waals surface area contributed by atoms with Crippen LogP contribution in [0.3, 0.4) is 0 Å². The summed E-state index contributed by atoms with van der Waals surface area (Å²) in [4.78, 5) is 10.3. The number of anilines is 1. The molecule has 0 fully saturated rings. The van der Waals surface area contributed by atoms with E-state index in [0.717, 1.165) is 12.1 Å².